The molecule has 0 saturated carbocycles. The van der Waals surface area contributed by atoms with E-state index < -0.39 is 28.7 Å². The second kappa shape index (κ2) is 9.65. The monoisotopic (exact) mass is 573 g/mol. The van der Waals surface area contributed by atoms with E-state index in [0.717, 1.165) is 10.8 Å². The Bertz CT molecular complexity index is 1210. The van der Waals surface area contributed by atoms with Crippen LogP contribution >= 0.6 is 27.7 Å². The number of benzene rings is 2. The summed E-state index contributed by atoms with van der Waals surface area (Å²) in [5, 5.41) is 18.2. The Morgan fingerprint density at radius 1 is 1.19 bits per heavy atom. The number of carbonyl (C=O) groups excluding carboxylic acids is 3. The van der Waals surface area contributed by atoms with E-state index in [1.165, 1.54) is 0 Å². The van der Waals surface area contributed by atoms with Crippen LogP contribution in [-0.2, 0) is 14.4 Å². The van der Waals surface area contributed by atoms with Crippen LogP contribution in [0.25, 0.3) is 10.8 Å². The molecule has 0 aliphatic carbocycles. The third-order valence-electron chi connectivity index (χ3n) is 7.89. The second-order valence-electron chi connectivity index (χ2n) is 10.5. The first-order valence-electron chi connectivity index (χ1n) is 12.5. The maximum atomic E-state index is 14.1. The van der Waals surface area contributed by atoms with E-state index in [0.29, 0.717) is 18.5 Å². The number of amides is 3. The van der Waals surface area contributed by atoms with Gasteiger partial charge < -0.3 is 20.6 Å². The molecule has 2 bridgehead atoms. The average Bonchev–Trinajstić information content (AvgIpc) is 3.45. The lowest BCUT2D eigenvalue weighted by Crippen LogP contribution is -2.55. The van der Waals surface area contributed by atoms with Crippen molar-refractivity contribution in [1.82, 2.24) is 10.2 Å². The molecule has 5 rings (SSSR count). The lowest BCUT2D eigenvalue weighted by atomic mass is 9.70. The molecule has 2 aromatic carbocycles. The van der Waals surface area contributed by atoms with E-state index in [9.17, 15) is 19.5 Å². The van der Waals surface area contributed by atoms with Gasteiger partial charge in [0, 0.05) is 22.8 Å². The van der Waals surface area contributed by atoms with Crippen molar-refractivity contribution < 1.29 is 19.5 Å². The average molecular weight is 575 g/mol. The quantitative estimate of drug-likeness (QED) is 0.441. The molecule has 3 heterocycles. The molecule has 0 radical (unpaired) electrons. The number of likely N-dealkylation sites (tertiary alicyclic amines) is 1. The molecule has 3 fully saturated rings. The lowest BCUT2D eigenvalue weighted by Gasteiger charge is -2.37. The van der Waals surface area contributed by atoms with Crippen molar-refractivity contribution in [3.63, 3.8) is 0 Å². The van der Waals surface area contributed by atoms with E-state index >= 15 is 0 Å². The predicted octanol–water partition coefficient (Wildman–Crippen LogP) is 3.40. The number of rotatable bonds is 7. The highest BCUT2D eigenvalue weighted by molar-refractivity contribution is 9.09. The van der Waals surface area contributed by atoms with Crippen LogP contribution in [-0.4, -0.2) is 68.3 Å². The van der Waals surface area contributed by atoms with Gasteiger partial charge in [-0.2, -0.15) is 0 Å². The van der Waals surface area contributed by atoms with Crippen LogP contribution in [0.5, 0.6) is 0 Å². The summed E-state index contributed by atoms with van der Waals surface area (Å²) in [4.78, 5) is 42.8. The summed E-state index contributed by atoms with van der Waals surface area (Å²) >= 11 is 5.36. The van der Waals surface area contributed by atoms with Gasteiger partial charge in [0.15, 0.2) is 0 Å². The zero-order valence-electron chi connectivity index (χ0n) is 20.6. The number of nitrogens with one attached hydrogen (secondary N) is 2. The van der Waals surface area contributed by atoms with Crippen LogP contribution in [0.3, 0.4) is 0 Å². The third-order valence-corrected chi connectivity index (χ3v) is 11.1. The first-order valence-corrected chi connectivity index (χ1v) is 14.3. The Labute approximate surface area is 223 Å². The molecular formula is C27H32BrN3O4S. The van der Waals surface area contributed by atoms with Crippen molar-refractivity contribution >= 4 is 61.9 Å². The molecule has 3 aliphatic heterocycles. The van der Waals surface area contributed by atoms with Gasteiger partial charge in [-0.15, -0.1) is 11.8 Å². The number of hydrogen-bond donors (Lipinski definition) is 3. The number of hydrogen-bond acceptors (Lipinski definition) is 5. The maximum absolute atomic E-state index is 14.1. The number of anilines is 1. The minimum absolute atomic E-state index is 0.0162. The van der Waals surface area contributed by atoms with Gasteiger partial charge in [0.1, 0.15) is 6.04 Å². The number of thioether (sulfide) groups is 1. The molecule has 192 valence electrons. The first kappa shape index (κ1) is 25.5. The van der Waals surface area contributed by atoms with Crippen molar-refractivity contribution in [2.75, 3.05) is 19.0 Å². The van der Waals surface area contributed by atoms with E-state index in [4.69, 9.17) is 0 Å². The van der Waals surface area contributed by atoms with Crippen LogP contribution < -0.4 is 10.6 Å². The van der Waals surface area contributed by atoms with Crippen LogP contribution in [0.2, 0.25) is 0 Å². The largest absolute Gasteiger partial charge is 0.394 e. The number of alkyl halides is 1. The molecule has 3 amide bonds. The minimum atomic E-state index is -0.790. The second-order valence-corrected chi connectivity index (χ2v) is 13.3. The molecule has 3 saturated heterocycles. The number of fused-ring (bicyclic) bond motifs is 2. The summed E-state index contributed by atoms with van der Waals surface area (Å²) in [7, 11) is 1.59. The van der Waals surface area contributed by atoms with Crippen molar-refractivity contribution in [2.45, 2.75) is 53.6 Å². The fourth-order valence-corrected chi connectivity index (χ4v) is 10.1. The fraction of sp³-hybridized carbons (Fsp3) is 0.519. The summed E-state index contributed by atoms with van der Waals surface area (Å²) in [5.41, 5.74) is 0.658. The highest BCUT2D eigenvalue weighted by Crippen LogP contribution is 2.68. The Morgan fingerprint density at radius 2 is 1.92 bits per heavy atom. The number of aliphatic hydroxyl groups is 1. The molecule has 9 heteroatoms. The predicted molar refractivity (Wildman–Crippen MR) is 146 cm³/mol. The lowest BCUT2D eigenvalue weighted by molar-refractivity contribution is -0.142. The topological polar surface area (TPSA) is 98.7 Å². The van der Waals surface area contributed by atoms with Gasteiger partial charge in [0.25, 0.3) is 0 Å². The fourth-order valence-electron chi connectivity index (χ4n) is 6.52. The van der Waals surface area contributed by atoms with E-state index in [1.54, 1.807) is 23.7 Å². The van der Waals surface area contributed by atoms with Gasteiger partial charge in [-0.3, -0.25) is 14.4 Å². The van der Waals surface area contributed by atoms with Crippen molar-refractivity contribution in [1.29, 1.82) is 0 Å². The zero-order chi connectivity index (χ0) is 25.8. The Morgan fingerprint density at radius 3 is 2.58 bits per heavy atom. The highest BCUT2D eigenvalue weighted by atomic mass is 79.9. The van der Waals surface area contributed by atoms with Crippen LogP contribution in [0, 0.1) is 17.8 Å². The Hall–Kier alpha value is -2.10. The van der Waals surface area contributed by atoms with Gasteiger partial charge in [-0.05, 0) is 41.7 Å². The summed E-state index contributed by atoms with van der Waals surface area (Å²) in [6.45, 7) is 3.84. The van der Waals surface area contributed by atoms with Crippen molar-refractivity contribution in [3.05, 3.63) is 42.5 Å². The van der Waals surface area contributed by atoms with Gasteiger partial charge in [-0.1, -0.05) is 60.1 Å². The molecule has 7 atom stereocenters. The number of nitrogens with zero attached hydrogens (tertiary/aromatic N) is 1. The van der Waals surface area contributed by atoms with Gasteiger partial charge in [0.05, 0.1) is 29.2 Å². The van der Waals surface area contributed by atoms with Crippen LogP contribution in [0.15, 0.2) is 42.5 Å². The standard InChI is InChI=1S/C27H32BrN3O4S/c1-14(2)10-18(13-32)31-23(25(34)30-17-9-8-15-6-4-5-7-16(15)11-17)27-12-19(28)22(36-27)20(24(33)29-3)21(27)26(31)35/h4-9,11,14,18-23,32H,10,12-13H2,1-3H3,(H,29,33)(H,30,34)/t18-,19?,20+,21+,22+,23?,27?/m1/s1. The maximum Gasteiger partial charge on any atom is 0.248 e. The zero-order valence-corrected chi connectivity index (χ0v) is 23.0. The Balaban J connectivity index is 1.56. The number of halogens is 1. The molecule has 2 aromatic rings. The third kappa shape index (κ3) is 3.94. The summed E-state index contributed by atoms with van der Waals surface area (Å²) in [6, 6.07) is 12.4. The Kier molecular flexibility index (Phi) is 6.85. The van der Waals surface area contributed by atoms with Crippen molar-refractivity contribution in [2.24, 2.45) is 17.8 Å². The van der Waals surface area contributed by atoms with Crippen LogP contribution in [0.1, 0.15) is 26.7 Å². The van der Waals surface area contributed by atoms with E-state index in [2.05, 4.69) is 26.6 Å². The molecular weight excluding hydrogens is 542 g/mol. The SMILES string of the molecule is CNC(=O)[C@H]1[C@H]2C(=O)N([C@@H](CO)CC(C)C)C(C(=O)Nc3ccc4ccccc4c3)C23CC(Br)[C@@H]1S3. The highest BCUT2D eigenvalue weighted by Gasteiger charge is 2.76. The summed E-state index contributed by atoms with van der Waals surface area (Å²) < 4.78 is -0.738. The molecule has 36 heavy (non-hydrogen) atoms. The minimum Gasteiger partial charge on any atom is -0.394 e. The number of aliphatic hydroxyl groups excluding tert-OH is 1. The number of carbonyl (C=O) groups is 3. The normalized spacial score (nSPS) is 31.7. The molecule has 1 spiro atoms. The molecule has 3 N–H and O–H groups in total. The summed E-state index contributed by atoms with van der Waals surface area (Å²) in [5.74, 6) is -1.54. The molecule has 3 aliphatic rings. The molecule has 0 aromatic heterocycles. The van der Waals surface area contributed by atoms with E-state index in [1.807, 2.05) is 56.3 Å². The van der Waals surface area contributed by atoms with Crippen LogP contribution in [0.4, 0.5) is 5.69 Å². The molecule has 7 nitrogen and oxygen atoms in total. The molecule has 3 unspecified atom stereocenters. The van der Waals surface area contributed by atoms with E-state index in [-0.39, 0.29) is 40.3 Å². The van der Waals surface area contributed by atoms with Gasteiger partial charge >= 0.3 is 0 Å². The smallest absolute Gasteiger partial charge is 0.248 e. The first-order chi connectivity index (χ1) is 17.2. The van der Waals surface area contributed by atoms with Crippen molar-refractivity contribution in [3.8, 4) is 0 Å². The van der Waals surface area contributed by atoms with Gasteiger partial charge in [-0.25, -0.2) is 0 Å². The van der Waals surface area contributed by atoms with Gasteiger partial charge in [0.2, 0.25) is 17.7 Å². The summed E-state index contributed by atoms with van der Waals surface area (Å²) in [6.07, 6.45) is 1.18.